The quantitative estimate of drug-likeness (QED) is 0.467. The molecule has 4 aliphatic carbocycles. The summed E-state index contributed by atoms with van der Waals surface area (Å²) in [4.78, 5) is 51.1. The molecular formula is C22H22N2O5. The molecule has 0 spiro atoms. The number of nitrogens with zero attached hydrogens (tertiary/aromatic N) is 1. The maximum atomic E-state index is 12.9. The van der Waals surface area contributed by atoms with Gasteiger partial charge in [0.15, 0.2) is 0 Å². The number of esters is 1. The van der Waals surface area contributed by atoms with Crippen molar-refractivity contribution in [3.8, 4) is 0 Å². The number of ether oxygens (including phenoxy) is 1. The van der Waals surface area contributed by atoms with Crippen molar-refractivity contribution in [2.24, 2.45) is 35.5 Å². The Kier molecular flexibility index (Phi) is 4.08. The van der Waals surface area contributed by atoms with Gasteiger partial charge in [0.2, 0.25) is 17.7 Å². The minimum atomic E-state index is -0.431. The van der Waals surface area contributed by atoms with Crippen molar-refractivity contribution >= 4 is 29.4 Å². The molecule has 1 heterocycles. The second-order valence-electron chi connectivity index (χ2n) is 8.26. The van der Waals surface area contributed by atoms with E-state index in [9.17, 15) is 19.2 Å². The Morgan fingerprint density at radius 3 is 2.17 bits per heavy atom. The van der Waals surface area contributed by atoms with Gasteiger partial charge in [-0.3, -0.25) is 19.3 Å². The van der Waals surface area contributed by atoms with Gasteiger partial charge in [-0.05, 0) is 61.3 Å². The predicted octanol–water partition coefficient (Wildman–Crippen LogP) is 1.85. The lowest BCUT2D eigenvalue weighted by molar-refractivity contribution is -0.142. The first-order chi connectivity index (χ1) is 14.0. The fraction of sp³-hybridized carbons (Fsp3) is 0.455. The van der Waals surface area contributed by atoms with Crippen molar-refractivity contribution in [3.63, 3.8) is 0 Å². The molecule has 0 aromatic heterocycles. The van der Waals surface area contributed by atoms with Crippen LogP contribution in [0.25, 0.3) is 0 Å². The zero-order valence-corrected chi connectivity index (χ0v) is 16.0. The minimum absolute atomic E-state index is 0.148. The number of carbonyl (C=O) groups is 4. The minimum Gasteiger partial charge on any atom is -0.462 e. The van der Waals surface area contributed by atoms with Gasteiger partial charge in [-0.1, -0.05) is 12.2 Å². The summed E-state index contributed by atoms with van der Waals surface area (Å²) in [7, 11) is 0. The van der Waals surface area contributed by atoms with Crippen molar-refractivity contribution in [3.05, 3.63) is 42.0 Å². The van der Waals surface area contributed by atoms with E-state index in [-0.39, 0.29) is 48.6 Å². The number of carbonyl (C=O) groups excluding carboxylic acids is 4. The maximum Gasteiger partial charge on any atom is 0.338 e. The molecule has 2 saturated carbocycles. The molecule has 6 rings (SSSR count). The van der Waals surface area contributed by atoms with Crippen LogP contribution in [0.4, 0.5) is 5.69 Å². The Morgan fingerprint density at radius 1 is 1.03 bits per heavy atom. The summed E-state index contributed by atoms with van der Waals surface area (Å²) >= 11 is 0. The van der Waals surface area contributed by atoms with Gasteiger partial charge in [-0.15, -0.1) is 0 Å². The van der Waals surface area contributed by atoms with Crippen LogP contribution in [0.1, 0.15) is 23.7 Å². The molecule has 1 aromatic rings. The molecule has 1 saturated heterocycles. The van der Waals surface area contributed by atoms with Gasteiger partial charge in [-0.25, -0.2) is 4.79 Å². The van der Waals surface area contributed by atoms with Gasteiger partial charge in [0.05, 0.1) is 24.0 Å². The van der Waals surface area contributed by atoms with Crippen LogP contribution in [-0.2, 0) is 19.1 Å². The molecule has 0 radical (unpaired) electrons. The first-order valence-corrected chi connectivity index (χ1v) is 10.1. The van der Waals surface area contributed by atoms with Crippen molar-refractivity contribution in [1.29, 1.82) is 0 Å². The average molecular weight is 394 g/mol. The number of amides is 3. The summed E-state index contributed by atoms with van der Waals surface area (Å²) in [5, 5.41) is 2.69. The van der Waals surface area contributed by atoms with Crippen molar-refractivity contribution in [2.75, 3.05) is 18.5 Å². The summed E-state index contributed by atoms with van der Waals surface area (Å²) in [6.45, 7) is 1.74. The topological polar surface area (TPSA) is 92.8 Å². The molecule has 1 aromatic carbocycles. The van der Waals surface area contributed by atoms with Gasteiger partial charge in [0.1, 0.15) is 6.54 Å². The summed E-state index contributed by atoms with van der Waals surface area (Å²) in [5.41, 5.74) is 0.878. The van der Waals surface area contributed by atoms with Crippen molar-refractivity contribution in [2.45, 2.75) is 13.3 Å². The SMILES string of the molecule is CCOC(=O)c1ccc(NC(=O)CN2C(=O)[C@@H]3[C@H]4C=C[C@H]([C@H]5C[C@H]45)[C@@H]3C2=O)cc1. The predicted molar refractivity (Wildman–Crippen MR) is 102 cm³/mol. The van der Waals surface area contributed by atoms with E-state index in [0.29, 0.717) is 23.1 Å². The first kappa shape index (κ1) is 18.1. The number of imide groups is 1. The lowest BCUT2D eigenvalue weighted by atomic mass is 9.63. The molecule has 3 amide bonds. The van der Waals surface area contributed by atoms with Crippen LogP contribution in [0, 0.1) is 35.5 Å². The zero-order chi connectivity index (χ0) is 20.3. The van der Waals surface area contributed by atoms with Gasteiger partial charge < -0.3 is 10.1 Å². The highest BCUT2D eigenvalue weighted by atomic mass is 16.5. The molecule has 1 N–H and O–H groups in total. The summed E-state index contributed by atoms with van der Waals surface area (Å²) in [5.74, 6) is -0.498. The number of rotatable bonds is 5. The van der Waals surface area contributed by atoms with Gasteiger partial charge >= 0.3 is 5.97 Å². The van der Waals surface area contributed by atoms with E-state index in [1.807, 2.05) is 0 Å². The van der Waals surface area contributed by atoms with Crippen molar-refractivity contribution in [1.82, 2.24) is 4.90 Å². The highest BCUT2D eigenvalue weighted by Crippen LogP contribution is 2.65. The highest BCUT2D eigenvalue weighted by molar-refractivity contribution is 6.09. The molecule has 150 valence electrons. The van der Waals surface area contributed by atoms with Gasteiger partial charge in [0.25, 0.3) is 0 Å². The van der Waals surface area contributed by atoms with E-state index in [2.05, 4.69) is 17.5 Å². The molecule has 29 heavy (non-hydrogen) atoms. The van der Waals surface area contributed by atoms with Crippen LogP contribution in [0.15, 0.2) is 36.4 Å². The van der Waals surface area contributed by atoms with Crippen LogP contribution in [0.2, 0.25) is 0 Å². The Labute approximate surface area is 168 Å². The third-order valence-corrected chi connectivity index (χ3v) is 6.74. The smallest absolute Gasteiger partial charge is 0.338 e. The molecule has 1 aliphatic heterocycles. The number of anilines is 1. The zero-order valence-electron chi connectivity index (χ0n) is 16.0. The second kappa shape index (κ2) is 6.54. The fourth-order valence-electron chi connectivity index (χ4n) is 5.42. The monoisotopic (exact) mass is 394 g/mol. The van der Waals surface area contributed by atoms with E-state index < -0.39 is 11.9 Å². The normalized spacial score (nSPS) is 33.3. The van der Waals surface area contributed by atoms with Crippen molar-refractivity contribution < 1.29 is 23.9 Å². The number of benzene rings is 1. The Morgan fingerprint density at radius 2 is 1.62 bits per heavy atom. The Hall–Kier alpha value is -2.96. The first-order valence-electron chi connectivity index (χ1n) is 10.1. The summed E-state index contributed by atoms with van der Waals surface area (Å²) in [6, 6.07) is 6.30. The van der Waals surface area contributed by atoms with Gasteiger partial charge in [0, 0.05) is 5.69 Å². The van der Waals surface area contributed by atoms with Crippen LogP contribution >= 0.6 is 0 Å². The maximum absolute atomic E-state index is 12.9. The van der Waals surface area contributed by atoms with E-state index in [1.165, 1.54) is 0 Å². The molecule has 3 fully saturated rings. The molecule has 0 unspecified atom stereocenters. The lowest BCUT2D eigenvalue weighted by Gasteiger charge is -2.37. The number of hydrogen-bond acceptors (Lipinski definition) is 5. The largest absolute Gasteiger partial charge is 0.462 e. The fourth-order valence-corrected chi connectivity index (χ4v) is 5.42. The number of allylic oxidation sites excluding steroid dienone is 2. The standard InChI is InChI=1S/C22H22N2O5/c1-2-29-22(28)11-3-5-12(6-4-11)23-17(25)10-24-20(26)18-13-7-8-14(16-9-15(13)16)19(18)21(24)27/h3-8,13-16,18-19H,2,9-10H2,1H3,(H,23,25)/t13-,14+,15-,16-,18+,19-/m1/s1. The molecule has 7 heteroatoms. The van der Waals surface area contributed by atoms with E-state index >= 15 is 0 Å². The molecule has 2 bridgehead atoms. The van der Waals surface area contributed by atoms with Crippen LogP contribution < -0.4 is 5.32 Å². The van der Waals surface area contributed by atoms with Crippen LogP contribution in [0.3, 0.4) is 0 Å². The third kappa shape index (κ3) is 2.79. The Bertz CT molecular complexity index is 901. The highest BCUT2D eigenvalue weighted by Gasteiger charge is 2.67. The van der Waals surface area contributed by atoms with E-state index in [1.54, 1.807) is 31.2 Å². The molecular weight excluding hydrogens is 372 g/mol. The molecule has 5 aliphatic rings. The molecule has 7 nitrogen and oxygen atoms in total. The van der Waals surface area contributed by atoms with Crippen LogP contribution in [0.5, 0.6) is 0 Å². The van der Waals surface area contributed by atoms with E-state index in [4.69, 9.17) is 4.74 Å². The summed E-state index contributed by atoms with van der Waals surface area (Å²) < 4.78 is 4.93. The third-order valence-electron chi connectivity index (χ3n) is 6.74. The average Bonchev–Trinajstić information content (AvgIpc) is 3.50. The Balaban J connectivity index is 1.24. The number of nitrogens with one attached hydrogen (secondary N) is 1. The lowest BCUT2D eigenvalue weighted by Crippen LogP contribution is -2.40. The van der Waals surface area contributed by atoms with Gasteiger partial charge in [-0.2, -0.15) is 0 Å². The summed E-state index contributed by atoms with van der Waals surface area (Å²) in [6.07, 6.45) is 5.33. The van der Waals surface area contributed by atoms with E-state index in [0.717, 1.165) is 11.3 Å². The second-order valence-corrected chi connectivity index (χ2v) is 8.26. The number of likely N-dealkylation sites (tertiary alicyclic amines) is 1. The van der Waals surface area contributed by atoms with Crippen LogP contribution in [-0.4, -0.2) is 41.7 Å². The number of hydrogen-bond donors (Lipinski definition) is 1. The molecule has 6 atom stereocenters.